The van der Waals surface area contributed by atoms with Crippen LogP contribution in [0.25, 0.3) is 0 Å². The van der Waals surface area contributed by atoms with Crippen LogP contribution < -0.4 is 10.6 Å². The minimum atomic E-state index is -0.999. The summed E-state index contributed by atoms with van der Waals surface area (Å²) < 4.78 is 5.21. The number of esters is 1. The molecule has 6 nitrogen and oxygen atoms in total. The molecule has 0 aromatic heterocycles. The minimum Gasteiger partial charge on any atom is -0.452 e. The van der Waals surface area contributed by atoms with Crippen LogP contribution in [0.1, 0.15) is 51.9 Å². The van der Waals surface area contributed by atoms with Gasteiger partial charge in [-0.3, -0.25) is 14.4 Å². The highest BCUT2D eigenvalue weighted by atomic mass is 35.5. The number of anilines is 1. The normalized spacial score (nSPS) is 29.3. The van der Waals surface area contributed by atoms with Crippen molar-refractivity contribution in [2.45, 2.75) is 58.0 Å². The van der Waals surface area contributed by atoms with Gasteiger partial charge in [-0.1, -0.05) is 29.3 Å². The van der Waals surface area contributed by atoms with Gasteiger partial charge in [-0.15, -0.1) is 0 Å². The van der Waals surface area contributed by atoms with E-state index in [0.717, 1.165) is 19.3 Å². The quantitative estimate of drug-likeness (QED) is 0.575. The number of hydrogen-bond acceptors (Lipinski definition) is 4. The van der Waals surface area contributed by atoms with Gasteiger partial charge in [-0.2, -0.15) is 0 Å². The number of carbonyl (C=O) groups excluding carboxylic acids is 3. The van der Waals surface area contributed by atoms with E-state index in [1.165, 1.54) is 26.2 Å². The molecule has 0 radical (unpaired) electrons. The Labute approximate surface area is 192 Å². The van der Waals surface area contributed by atoms with Crippen molar-refractivity contribution in [3.8, 4) is 0 Å². The van der Waals surface area contributed by atoms with Gasteiger partial charge in [-0.05, 0) is 75.3 Å². The van der Waals surface area contributed by atoms with Crippen LogP contribution in [-0.4, -0.2) is 30.4 Å². The fourth-order valence-electron chi connectivity index (χ4n) is 6.00. The Kier molecular flexibility index (Phi) is 6.50. The summed E-state index contributed by atoms with van der Waals surface area (Å²) in [6, 6.07) is 4.88. The zero-order valence-corrected chi connectivity index (χ0v) is 19.1. The summed E-state index contributed by atoms with van der Waals surface area (Å²) in [6.45, 7) is 1.70. The van der Waals surface area contributed by atoms with Gasteiger partial charge in [0.15, 0.2) is 6.10 Å². The molecule has 31 heavy (non-hydrogen) atoms. The van der Waals surface area contributed by atoms with E-state index in [1.54, 1.807) is 18.2 Å². The Morgan fingerprint density at radius 1 is 1.10 bits per heavy atom. The largest absolute Gasteiger partial charge is 0.452 e. The number of hydrogen-bond donors (Lipinski definition) is 2. The zero-order valence-electron chi connectivity index (χ0n) is 17.6. The summed E-state index contributed by atoms with van der Waals surface area (Å²) >= 11 is 12.0. The summed E-state index contributed by atoms with van der Waals surface area (Å²) in [6.07, 6.45) is 5.81. The van der Waals surface area contributed by atoms with E-state index in [1.807, 2.05) is 0 Å². The molecule has 8 heteroatoms. The molecule has 168 valence electrons. The molecule has 0 saturated heterocycles. The van der Waals surface area contributed by atoms with Crippen LogP contribution in [0, 0.1) is 23.2 Å². The second kappa shape index (κ2) is 8.99. The van der Waals surface area contributed by atoms with Crippen LogP contribution in [0.2, 0.25) is 10.0 Å². The van der Waals surface area contributed by atoms with E-state index in [0.29, 0.717) is 28.5 Å². The van der Waals surface area contributed by atoms with Gasteiger partial charge in [0.05, 0.1) is 22.2 Å². The fourth-order valence-corrected chi connectivity index (χ4v) is 6.35. The molecule has 4 fully saturated rings. The van der Waals surface area contributed by atoms with Crippen molar-refractivity contribution < 1.29 is 19.1 Å². The standard InChI is InChI=1S/C23H28Cl2N2O4/c1-13(21(29)27-18-4-2-3-17(24)20(18)25)31-19(28)5-6-26-22(30)23-10-14-7-15(11-23)9-16(8-14)12-23/h2-4,13-16H,5-12H2,1H3,(H,26,30)(H,27,29). The first-order chi connectivity index (χ1) is 14.8. The second-order valence-electron chi connectivity index (χ2n) is 9.43. The number of ether oxygens (including phenoxy) is 1. The van der Waals surface area contributed by atoms with Crippen LogP contribution in [0.5, 0.6) is 0 Å². The summed E-state index contributed by atoms with van der Waals surface area (Å²) in [7, 11) is 0. The van der Waals surface area contributed by atoms with Crippen LogP contribution in [0.4, 0.5) is 5.69 Å². The van der Waals surface area contributed by atoms with E-state index in [9.17, 15) is 14.4 Å². The first-order valence-corrected chi connectivity index (χ1v) is 11.7. The van der Waals surface area contributed by atoms with Gasteiger partial charge in [0.2, 0.25) is 5.91 Å². The average molecular weight is 467 g/mol. The van der Waals surface area contributed by atoms with Crippen LogP contribution in [0.15, 0.2) is 18.2 Å². The highest BCUT2D eigenvalue weighted by Gasteiger charge is 2.54. The summed E-state index contributed by atoms with van der Waals surface area (Å²) in [4.78, 5) is 37.4. The third-order valence-corrected chi connectivity index (χ3v) is 7.84. The fraction of sp³-hybridized carbons (Fsp3) is 0.609. The zero-order chi connectivity index (χ0) is 22.2. The summed E-state index contributed by atoms with van der Waals surface area (Å²) in [5.74, 6) is 1.11. The third kappa shape index (κ3) is 4.85. The molecular formula is C23H28Cl2N2O4. The molecule has 4 bridgehead atoms. The number of carbonyl (C=O) groups is 3. The molecule has 2 N–H and O–H groups in total. The highest BCUT2D eigenvalue weighted by Crippen LogP contribution is 2.60. The lowest BCUT2D eigenvalue weighted by molar-refractivity contribution is -0.153. The lowest BCUT2D eigenvalue weighted by Crippen LogP contribution is -2.53. The number of benzene rings is 1. The Hall–Kier alpha value is -1.79. The molecule has 5 rings (SSSR count). The topological polar surface area (TPSA) is 84.5 Å². The van der Waals surface area contributed by atoms with Crippen molar-refractivity contribution in [1.29, 1.82) is 0 Å². The molecule has 1 atom stereocenters. The van der Waals surface area contributed by atoms with Crippen molar-refractivity contribution in [1.82, 2.24) is 5.32 Å². The third-order valence-electron chi connectivity index (χ3n) is 7.02. The van der Waals surface area contributed by atoms with E-state index in [4.69, 9.17) is 27.9 Å². The molecule has 0 heterocycles. The predicted molar refractivity (Wildman–Crippen MR) is 119 cm³/mol. The average Bonchev–Trinajstić information content (AvgIpc) is 2.70. The Morgan fingerprint density at radius 3 is 2.32 bits per heavy atom. The maximum atomic E-state index is 12.9. The molecule has 0 aliphatic heterocycles. The molecule has 1 aromatic rings. The number of rotatable bonds is 7. The molecular weight excluding hydrogens is 439 g/mol. The summed E-state index contributed by atoms with van der Waals surface area (Å²) in [5, 5.41) is 6.10. The van der Waals surface area contributed by atoms with Gasteiger partial charge in [0, 0.05) is 12.0 Å². The van der Waals surface area contributed by atoms with Crippen LogP contribution in [0.3, 0.4) is 0 Å². The van der Waals surface area contributed by atoms with Crippen LogP contribution >= 0.6 is 23.2 Å². The van der Waals surface area contributed by atoms with Crippen molar-refractivity contribution in [2.75, 3.05) is 11.9 Å². The van der Waals surface area contributed by atoms with Crippen molar-refractivity contribution >= 4 is 46.7 Å². The van der Waals surface area contributed by atoms with Crippen molar-refractivity contribution in [2.24, 2.45) is 23.2 Å². The lowest BCUT2D eigenvalue weighted by Gasteiger charge is -2.55. The SMILES string of the molecule is CC(OC(=O)CCNC(=O)C12CC3CC(CC(C3)C1)C2)C(=O)Nc1cccc(Cl)c1Cl. The van der Waals surface area contributed by atoms with Crippen LogP contribution in [-0.2, 0) is 19.1 Å². The number of halogens is 2. The number of nitrogens with one attached hydrogen (secondary N) is 2. The van der Waals surface area contributed by atoms with Crippen molar-refractivity contribution in [3.63, 3.8) is 0 Å². The summed E-state index contributed by atoms with van der Waals surface area (Å²) in [5.41, 5.74) is 0.118. The maximum absolute atomic E-state index is 12.9. The Morgan fingerprint density at radius 2 is 1.71 bits per heavy atom. The number of amides is 2. The smallest absolute Gasteiger partial charge is 0.308 e. The highest BCUT2D eigenvalue weighted by molar-refractivity contribution is 6.44. The van der Waals surface area contributed by atoms with Gasteiger partial charge in [0.1, 0.15) is 0 Å². The van der Waals surface area contributed by atoms with E-state index >= 15 is 0 Å². The van der Waals surface area contributed by atoms with Crippen molar-refractivity contribution in [3.05, 3.63) is 28.2 Å². The first-order valence-electron chi connectivity index (χ1n) is 11.0. The minimum absolute atomic E-state index is 0.0215. The molecule has 1 aromatic carbocycles. The Balaban J connectivity index is 1.22. The molecule has 1 unspecified atom stereocenters. The second-order valence-corrected chi connectivity index (χ2v) is 10.2. The van der Waals surface area contributed by atoms with Gasteiger partial charge < -0.3 is 15.4 Å². The molecule has 0 spiro atoms. The maximum Gasteiger partial charge on any atom is 0.308 e. The van der Waals surface area contributed by atoms with Gasteiger partial charge in [-0.25, -0.2) is 0 Å². The van der Waals surface area contributed by atoms with E-state index in [-0.39, 0.29) is 29.3 Å². The molecule has 4 saturated carbocycles. The van der Waals surface area contributed by atoms with E-state index in [2.05, 4.69) is 10.6 Å². The molecule has 4 aliphatic rings. The van der Waals surface area contributed by atoms with Gasteiger partial charge >= 0.3 is 5.97 Å². The Bertz CT molecular complexity index is 853. The predicted octanol–water partition coefficient (Wildman–Crippen LogP) is 4.59. The molecule has 4 aliphatic carbocycles. The van der Waals surface area contributed by atoms with E-state index < -0.39 is 18.0 Å². The monoisotopic (exact) mass is 466 g/mol. The van der Waals surface area contributed by atoms with Gasteiger partial charge in [0.25, 0.3) is 5.91 Å². The first kappa shape index (κ1) is 22.4. The lowest BCUT2D eigenvalue weighted by atomic mass is 9.49. The molecule has 2 amide bonds.